The first-order chi connectivity index (χ1) is 12.1. The third-order valence-corrected chi connectivity index (χ3v) is 3.63. The minimum atomic E-state index is -0.534. The molecule has 0 bridgehead atoms. The van der Waals surface area contributed by atoms with E-state index in [1.54, 1.807) is 6.07 Å². The van der Waals surface area contributed by atoms with E-state index in [-0.39, 0.29) is 6.61 Å². The van der Waals surface area contributed by atoms with Crippen molar-refractivity contribution in [1.29, 1.82) is 0 Å². The number of hydrogen-bond donors (Lipinski definition) is 3. The van der Waals surface area contributed by atoms with Gasteiger partial charge in [-0.3, -0.25) is 5.32 Å². The maximum Gasteiger partial charge on any atom is 0.411 e. The summed E-state index contributed by atoms with van der Waals surface area (Å²) in [5.41, 5.74) is 16.3. The maximum atomic E-state index is 12.0. The van der Waals surface area contributed by atoms with E-state index in [4.69, 9.17) is 16.2 Å². The second-order valence-electron chi connectivity index (χ2n) is 5.66. The molecule has 5 N–H and O–H groups in total. The van der Waals surface area contributed by atoms with Crippen LogP contribution in [-0.2, 0) is 11.3 Å². The van der Waals surface area contributed by atoms with Crippen LogP contribution in [0, 0.1) is 0 Å². The van der Waals surface area contributed by atoms with Crippen LogP contribution in [0.2, 0.25) is 0 Å². The summed E-state index contributed by atoms with van der Waals surface area (Å²) in [5, 5.41) is 2.71. The number of hydrogen-bond acceptors (Lipinski definition) is 4. The number of nitrogens with two attached hydrogens (primary N) is 2. The average molecular weight is 333 g/mol. The van der Waals surface area contributed by atoms with Crippen LogP contribution in [0.1, 0.15) is 5.56 Å². The zero-order chi connectivity index (χ0) is 17.6. The second-order valence-corrected chi connectivity index (χ2v) is 5.66. The van der Waals surface area contributed by atoms with E-state index in [1.165, 1.54) is 0 Å². The van der Waals surface area contributed by atoms with Crippen molar-refractivity contribution in [2.75, 3.05) is 16.8 Å². The van der Waals surface area contributed by atoms with Gasteiger partial charge in [0.1, 0.15) is 6.61 Å². The average Bonchev–Trinajstić information content (AvgIpc) is 2.60. The van der Waals surface area contributed by atoms with Crippen molar-refractivity contribution in [2.45, 2.75) is 6.61 Å². The molecule has 0 fully saturated rings. The molecule has 3 aromatic carbocycles. The van der Waals surface area contributed by atoms with Gasteiger partial charge in [0.05, 0.1) is 0 Å². The number of nitrogen functional groups attached to an aromatic ring is 2. The highest BCUT2D eigenvalue weighted by Gasteiger charge is 2.07. The zero-order valence-electron chi connectivity index (χ0n) is 13.6. The quantitative estimate of drug-likeness (QED) is 0.622. The Morgan fingerprint density at radius 1 is 0.840 bits per heavy atom. The summed E-state index contributed by atoms with van der Waals surface area (Å²) >= 11 is 0. The molecule has 0 saturated heterocycles. The molecule has 126 valence electrons. The van der Waals surface area contributed by atoms with Crippen molar-refractivity contribution in [2.24, 2.45) is 0 Å². The normalized spacial score (nSPS) is 10.2. The summed E-state index contributed by atoms with van der Waals surface area (Å²) in [7, 11) is 0. The number of anilines is 3. The van der Waals surface area contributed by atoms with Crippen molar-refractivity contribution in [1.82, 2.24) is 0 Å². The minimum Gasteiger partial charge on any atom is -0.444 e. The molecule has 0 radical (unpaired) electrons. The molecule has 0 saturated carbocycles. The summed E-state index contributed by atoms with van der Waals surface area (Å²) in [4.78, 5) is 12.0. The third kappa shape index (κ3) is 4.51. The van der Waals surface area contributed by atoms with Crippen LogP contribution in [0.25, 0.3) is 11.1 Å². The predicted octanol–water partition coefficient (Wildman–Crippen LogP) is 4.27. The Hall–Kier alpha value is -3.47. The summed E-state index contributed by atoms with van der Waals surface area (Å²) in [6.07, 6.45) is -0.534. The Balaban J connectivity index is 1.71. The number of ether oxygens (including phenoxy) is 1. The Morgan fingerprint density at radius 3 is 2.36 bits per heavy atom. The molecule has 0 aromatic heterocycles. The smallest absolute Gasteiger partial charge is 0.411 e. The minimum absolute atomic E-state index is 0.205. The molecule has 0 atom stereocenters. The Morgan fingerprint density at radius 2 is 1.60 bits per heavy atom. The molecule has 5 nitrogen and oxygen atoms in total. The number of benzene rings is 3. The molecule has 0 aliphatic heterocycles. The number of carbonyl (C=O) groups is 1. The van der Waals surface area contributed by atoms with Gasteiger partial charge in [-0.25, -0.2) is 4.79 Å². The maximum absolute atomic E-state index is 12.0. The first-order valence-electron chi connectivity index (χ1n) is 7.84. The van der Waals surface area contributed by atoms with E-state index in [0.29, 0.717) is 17.1 Å². The van der Waals surface area contributed by atoms with Crippen LogP contribution < -0.4 is 16.8 Å². The number of carbonyl (C=O) groups excluding carboxylic acids is 1. The number of nitrogens with one attached hydrogen (secondary N) is 1. The van der Waals surface area contributed by atoms with E-state index < -0.39 is 6.09 Å². The molecule has 3 rings (SSSR count). The zero-order valence-corrected chi connectivity index (χ0v) is 13.6. The lowest BCUT2D eigenvalue weighted by molar-refractivity contribution is 0.155. The lowest BCUT2D eigenvalue weighted by Gasteiger charge is -2.10. The van der Waals surface area contributed by atoms with Gasteiger partial charge in [-0.15, -0.1) is 0 Å². The van der Waals surface area contributed by atoms with Crippen LogP contribution in [-0.4, -0.2) is 6.09 Å². The van der Waals surface area contributed by atoms with E-state index in [1.807, 2.05) is 66.7 Å². The first kappa shape index (κ1) is 16.4. The van der Waals surface area contributed by atoms with Crippen molar-refractivity contribution in [3.63, 3.8) is 0 Å². The highest BCUT2D eigenvalue weighted by molar-refractivity contribution is 5.87. The molecule has 3 aromatic rings. The molecular formula is C20H19N3O2. The fourth-order valence-electron chi connectivity index (χ4n) is 2.49. The van der Waals surface area contributed by atoms with Crippen LogP contribution in [0.15, 0.2) is 72.8 Å². The number of amides is 1. The van der Waals surface area contributed by atoms with Gasteiger partial charge in [0.2, 0.25) is 0 Å². The van der Waals surface area contributed by atoms with Gasteiger partial charge >= 0.3 is 6.09 Å². The van der Waals surface area contributed by atoms with Crippen molar-refractivity contribution < 1.29 is 9.53 Å². The summed E-state index contributed by atoms with van der Waals surface area (Å²) in [6.45, 7) is 0.205. The van der Waals surface area contributed by atoms with Crippen molar-refractivity contribution in [3.8, 4) is 11.1 Å². The van der Waals surface area contributed by atoms with Gasteiger partial charge in [0, 0.05) is 17.1 Å². The van der Waals surface area contributed by atoms with Gasteiger partial charge in [-0.1, -0.05) is 42.5 Å². The van der Waals surface area contributed by atoms with Gasteiger partial charge in [0.15, 0.2) is 0 Å². The third-order valence-electron chi connectivity index (χ3n) is 3.63. The largest absolute Gasteiger partial charge is 0.444 e. The predicted molar refractivity (Wildman–Crippen MR) is 101 cm³/mol. The van der Waals surface area contributed by atoms with Crippen molar-refractivity contribution in [3.05, 3.63) is 78.4 Å². The molecule has 0 heterocycles. The Kier molecular flexibility index (Phi) is 4.85. The molecular weight excluding hydrogens is 314 g/mol. The summed E-state index contributed by atoms with van der Waals surface area (Å²) < 4.78 is 5.23. The van der Waals surface area contributed by atoms with Crippen LogP contribution >= 0.6 is 0 Å². The topological polar surface area (TPSA) is 90.4 Å². The molecule has 5 heteroatoms. The second kappa shape index (κ2) is 7.40. The fourth-order valence-corrected chi connectivity index (χ4v) is 2.49. The van der Waals surface area contributed by atoms with Gasteiger partial charge < -0.3 is 16.2 Å². The molecule has 0 aliphatic rings. The van der Waals surface area contributed by atoms with Gasteiger partial charge in [0.25, 0.3) is 0 Å². The Labute approximate surface area is 146 Å². The number of rotatable bonds is 4. The van der Waals surface area contributed by atoms with Crippen LogP contribution in [0.5, 0.6) is 0 Å². The molecule has 0 aliphatic carbocycles. The molecule has 1 amide bonds. The van der Waals surface area contributed by atoms with Crippen LogP contribution in [0.4, 0.5) is 21.9 Å². The van der Waals surface area contributed by atoms with Gasteiger partial charge in [-0.2, -0.15) is 0 Å². The SMILES string of the molecule is Nc1cccc(-c2cc(N)cc(NC(=O)OCc3ccccc3)c2)c1. The van der Waals surface area contributed by atoms with Crippen LogP contribution in [0.3, 0.4) is 0 Å². The van der Waals surface area contributed by atoms with E-state index >= 15 is 0 Å². The fraction of sp³-hybridized carbons (Fsp3) is 0.0500. The van der Waals surface area contributed by atoms with E-state index in [2.05, 4.69) is 5.32 Å². The molecule has 0 spiro atoms. The molecule has 0 unspecified atom stereocenters. The highest BCUT2D eigenvalue weighted by Crippen LogP contribution is 2.27. The van der Waals surface area contributed by atoms with Gasteiger partial charge in [-0.05, 0) is 47.0 Å². The summed E-state index contributed by atoms with van der Waals surface area (Å²) in [6, 6.07) is 22.3. The first-order valence-corrected chi connectivity index (χ1v) is 7.84. The molecule has 25 heavy (non-hydrogen) atoms. The highest BCUT2D eigenvalue weighted by atomic mass is 16.5. The van der Waals surface area contributed by atoms with E-state index in [0.717, 1.165) is 16.7 Å². The lowest BCUT2D eigenvalue weighted by Crippen LogP contribution is -2.13. The van der Waals surface area contributed by atoms with E-state index in [9.17, 15) is 4.79 Å². The van der Waals surface area contributed by atoms with Crippen molar-refractivity contribution >= 4 is 23.2 Å². The summed E-state index contributed by atoms with van der Waals surface area (Å²) in [5.74, 6) is 0. The lowest BCUT2D eigenvalue weighted by atomic mass is 10.0. The Bertz CT molecular complexity index is 879. The monoisotopic (exact) mass is 333 g/mol. The standard InChI is InChI=1S/C20H19N3O2/c21-17-8-4-7-15(9-17)16-10-18(22)12-19(11-16)23-20(24)25-13-14-5-2-1-3-6-14/h1-12H,13,21-22H2,(H,23,24).